The summed E-state index contributed by atoms with van der Waals surface area (Å²) in [5, 5.41) is 0. The molecule has 0 aliphatic carbocycles. The van der Waals surface area contributed by atoms with Gasteiger partial charge in [-0.2, -0.15) is 0 Å². The van der Waals surface area contributed by atoms with E-state index in [1.807, 2.05) is 23.1 Å². The predicted molar refractivity (Wildman–Crippen MR) is 111 cm³/mol. The predicted octanol–water partition coefficient (Wildman–Crippen LogP) is 2.02. The van der Waals surface area contributed by atoms with Crippen LogP contribution in [0.4, 0.5) is 11.6 Å². The van der Waals surface area contributed by atoms with Crippen molar-refractivity contribution in [3.63, 3.8) is 0 Å². The van der Waals surface area contributed by atoms with Gasteiger partial charge in [0.1, 0.15) is 0 Å². The lowest BCUT2D eigenvalue weighted by Crippen LogP contribution is -2.46. The average molecular weight is 411 g/mol. The fourth-order valence-corrected chi connectivity index (χ4v) is 4.61. The van der Waals surface area contributed by atoms with Crippen LogP contribution in [0.25, 0.3) is 11.0 Å². The number of aromatic nitrogens is 2. The fraction of sp³-hybridized carbons (Fsp3) is 0.250. The number of benzene rings is 2. The number of nitrogens with zero attached hydrogens (tertiary/aromatic N) is 4. The van der Waals surface area contributed by atoms with Gasteiger partial charge in [0.2, 0.25) is 6.41 Å². The highest BCUT2D eigenvalue weighted by Gasteiger charge is 2.25. The summed E-state index contributed by atoms with van der Waals surface area (Å²) >= 11 is 0. The number of fused-ring (bicyclic) bond motifs is 1. The van der Waals surface area contributed by atoms with Gasteiger partial charge in [-0.1, -0.05) is 30.3 Å². The molecule has 1 N–H and O–H groups in total. The van der Waals surface area contributed by atoms with Gasteiger partial charge in [-0.05, 0) is 30.7 Å². The summed E-state index contributed by atoms with van der Waals surface area (Å²) in [5.41, 5.74) is 1.93. The number of amides is 1. The molecule has 0 saturated carbocycles. The first kappa shape index (κ1) is 19.1. The number of hydrogen-bond donors (Lipinski definition) is 1. The minimum Gasteiger partial charge on any atom is -0.350 e. The molecule has 1 fully saturated rings. The summed E-state index contributed by atoms with van der Waals surface area (Å²) in [4.78, 5) is 24.1. The molecular weight excluding hydrogens is 390 g/mol. The Morgan fingerprint density at radius 2 is 1.55 bits per heavy atom. The third-order valence-corrected chi connectivity index (χ3v) is 6.43. The first-order chi connectivity index (χ1) is 14.0. The van der Waals surface area contributed by atoms with Gasteiger partial charge in [-0.25, -0.2) is 18.4 Å². The second kappa shape index (κ2) is 7.67. The summed E-state index contributed by atoms with van der Waals surface area (Å²) in [6, 6.07) is 14.1. The molecule has 1 aliphatic heterocycles. The van der Waals surface area contributed by atoms with Gasteiger partial charge in [0, 0.05) is 26.2 Å². The van der Waals surface area contributed by atoms with Crippen LogP contribution >= 0.6 is 0 Å². The van der Waals surface area contributed by atoms with E-state index >= 15 is 0 Å². The Morgan fingerprint density at radius 3 is 2.21 bits per heavy atom. The largest absolute Gasteiger partial charge is 0.350 e. The average Bonchev–Trinajstić information content (AvgIpc) is 2.73. The number of piperazine rings is 1. The van der Waals surface area contributed by atoms with E-state index < -0.39 is 10.0 Å². The van der Waals surface area contributed by atoms with Crippen molar-refractivity contribution in [3.8, 4) is 0 Å². The molecule has 4 rings (SSSR count). The van der Waals surface area contributed by atoms with E-state index in [1.54, 1.807) is 42.2 Å². The van der Waals surface area contributed by atoms with Crippen LogP contribution in [0.2, 0.25) is 0 Å². The third-order valence-electron chi connectivity index (χ3n) is 4.93. The molecular formula is C20H21N5O3S. The first-order valence-corrected chi connectivity index (χ1v) is 10.8. The van der Waals surface area contributed by atoms with Crippen molar-refractivity contribution in [1.82, 2.24) is 14.9 Å². The molecule has 2 heterocycles. The molecule has 3 aromatic rings. The molecule has 0 spiro atoms. The normalized spacial score (nSPS) is 14.8. The number of rotatable bonds is 5. The zero-order chi connectivity index (χ0) is 20.4. The summed E-state index contributed by atoms with van der Waals surface area (Å²) in [6.45, 7) is 3.93. The molecule has 29 heavy (non-hydrogen) atoms. The Balaban J connectivity index is 1.76. The summed E-state index contributed by atoms with van der Waals surface area (Å²) < 4.78 is 28.7. The van der Waals surface area contributed by atoms with Crippen molar-refractivity contribution >= 4 is 39.1 Å². The lowest BCUT2D eigenvalue weighted by Gasteiger charge is -2.34. The van der Waals surface area contributed by atoms with Crippen molar-refractivity contribution in [2.24, 2.45) is 0 Å². The molecule has 8 nitrogen and oxygen atoms in total. The lowest BCUT2D eigenvalue weighted by molar-refractivity contribution is -0.118. The van der Waals surface area contributed by atoms with Crippen LogP contribution in [-0.4, -0.2) is 55.9 Å². The van der Waals surface area contributed by atoms with Crippen molar-refractivity contribution in [2.45, 2.75) is 11.8 Å². The maximum atomic E-state index is 13.0. The zero-order valence-corrected chi connectivity index (χ0v) is 16.8. The zero-order valence-electron chi connectivity index (χ0n) is 15.9. The van der Waals surface area contributed by atoms with Gasteiger partial charge in [0.05, 0.1) is 15.9 Å². The van der Waals surface area contributed by atoms with Gasteiger partial charge < -0.3 is 9.80 Å². The molecule has 1 aliphatic rings. The highest BCUT2D eigenvalue weighted by Crippen LogP contribution is 2.28. The Morgan fingerprint density at radius 1 is 0.931 bits per heavy atom. The molecule has 0 bridgehead atoms. The minimum absolute atomic E-state index is 0.187. The monoisotopic (exact) mass is 411 g/mol. The van der Waals surface area contributed by atoms with E-state index in [0.29, 0.717) is 48.6 Å². The van der Waals surface area contributed by atoms with E-state index in [-0.39, 0.29) is 10.7 Å². The number of nitrogens with one attached hydrogen (secondary N) is 1. The molecule has 2 aromatic carbocycles. The van der Waals surface area contributed by atoms with Crippen LogP contribution in [0.15, 0.2) is 53.4 Å². The Bertz CT molecular complexity index is 1160. The quantitative estimate of drug-likeness (QED) is 0.646. The second-order valence-electron chi connectivity index (χ2n) is 6.88. The minimum atomic E-state index is -3.84. The maximum absolute atomic E-state index is 13.0. The smallest absolute Gasteiger partial charge is 0.263 e. The van der Waals surface area contributed by atoms with Gasteiger partial charge in [0.15, 0.2) is 11.6 Å². The van der Waals surface area contributed by atoms with Crippen LogP contribution in [0.3, 0.4) is 0 Å². The SMILES string of the molecule is Cc1ccccc1S(=O)(=O)Nc1nc2ccccc2nc1N1CCN(C=O)CC1. The van der Waals surface area contributed by atoms with E-state index in [9.17, 15) is 13.2 Å². The van der Waals surface area contributed by atoms with E-state index in [2.05, 4.69) is 14.7 Å². The molecule has 150 valence electrons. The molecule has 1 saturated heterocycles. The fourth-order valence-electron chi connectivity index (χ4n) is 3.36. The highest BCUT2D eigenvalue weighted by molar-refractivity contribution is 7.92. The van der Waals surface area contributed by atoms with E-state index in [1.165, 1.54) is 0 Å². The van der Waals surface area contributed by atoms with Crippen LogP contribution in [0.5, 0.6) is 0 Å². The summed E-state index contributed by atoms with van der Waals surface area (Å²) in [6.07, 6.45) is 0.825. The number of carbonyl (C=O) groups is 1. The van der Waals surface area contributed by atoms with E-state index in [0.717, 1.165) is 6.41 Å². The molecule has 0 radical (unpaired) electrons. The van der Waals surface area contributed by atoms with Gasteiger partial charge in [-0.3, -0.25) is 9.52 Å². The molecule has 1 aromatic heterocycles. The molecule has 0 unspecified atom stereocenters. The molecule has 0 atom stereocenters. The topological polar surface area (TPSA) is 95.5 Å². The Hall–Kier alpha value is -3.20. The number of para-hydroxylation sites is 2. The van der Waals surface area contributed by atoms with Crippen LogP contribution in [-0.2, 0) is 14.8 Å². The third kappa shape index (κ3) is 3.86. The molecule has 1 amide bonds. The van der Waals surface area contributed by atoms with Gasteiger partial charge >= 0.3 is 0 Å². The number of carbonyl (C=O) groups excluding carboxylic acids is 1. The van der Waals surface area contributed by atoms with Crippen LogP contribution in [0.1, 0.15) is 5.56 Å². The number of anilines is 2. The number of hydrogen-bond acceptors (Lipinski definition) is 6. The maximum Gasteiger partial charge on any atom is 0.263 e. The van der Waals surface area contributed by atoms with Crippen molar-refractivity contribution in [3.05, 3.63) is 54.1 Å². The summed E-state index contributed by atoms with van der Waals surface area (Å²) in [5.74, 6) is 0.651. The highest BCUT2D eigenvalue weighted by atomic mass is 32.2. The summed E-state index contributed by atoms with van der Waals surface area (Å²) in [7, 11) is -3.84. The van der Waals surface area contributed by atoms with Gasteiger partial charge in [0.25, 0.3) is 10.0 Å². The lowest BCUT2D eigenvalue weighted by atomic mass is 10.2. The second-order valence-corrected chi connectivity index (χ2v) is 8.53. The standard InChI is InChI=1S/C20H21N5O3S/c1-15-6-2-5-9-18(15)29(27,28)23-19-20(25-12-10-24(14-26)11-13-25)22-17-8-4-3-7-16(17)21-19/h2-9,14H,10-13H2,1H3,(H,21,23). The van der Waals surface area contributed by atoms with Gasteiger partial charge in [-0.15, -0.1) is 0 Å². The van der Waals surface area contributed by atoms with Crippen molar-refractivity contribution in [1.29, 1.82) is 0 Å². The van der Waals surface area contributed by atoms with Crippen LogP contribution in [0, 0.1) is 6.92 Å². The Kier molecular flexibility index (Phi) is 5.06. The first-order valence-electron chi connectivity index (χ1n) is 9.27. The molecule has 9 heteroatoms. The Labute approximate surface area is 169 Å². The van der Waals surface area contributed by atoms with Crippen molar-refractivity contribution < 1.29 is 13.2 Å². The van der Waals surface area contributed by atoms with Crippen molar-refractivity contribution in [2.75, 3.05) is 35.8 Å². The number of sulfonamides is 1. The van der Waals surface area contributed by atoms with Crippen LogP contribution < -0.4 is 9.62 Å². The van der Waals surface area contributed by atoms with E-state index in [4.69, 9.17) is 0 Å². The number of aryl methyl sites for hydroxylation is 1.